The molecule has 4 rings (SSSR count). The zero-order valence-electron chi connectivity index (χ0n) is 14.0. The molecule has 0 spiro atoms. The lowest BCUT2D eigenvalue weighted by atomic mass is 9.66. The first kappa shape index (κ1) is 15.4. The van der Waals surface area contributed by atoms with E-state index in [4.69, 9.17) is 0 Å². The zero-order valence-corrected chi connectivity index (χ0v) is 14.0. The molecule has 1 nitrogen and oxygen atoms in total. The second kappa shape index (κ2) is 6.42. The van der Waals surface area contributed by atoms with Crippen molar-refractivity contribution in [3.8, 4) is 6.07 Å². The van der Waals surface area contributed by atoms with Crippen LogP contribution in [0.1, 0.15) is 29.0 Å². The van der Waals surface area contributed by atoms with E-state index >= 15 is 0 Å². The van der Waals surface area contributed by atoms with Crippen molar-refractivity contribution in [2.24, 2.45) is 0 Å². The average Bonchev–Trinajstić information content (AvgIpc) is 3.11. The van der Waals surface area contributed by atoms with Crippen molar-refractivity contribution < 1.29 is 0 Å². The van der Waals surface area contributed by atoms with Crippen LogP contribution in [0.25, 0.3) is 0 Å². The summed E-state index contributed by atoms with van der Waals surface area (Å²) in [5.74, 6) is 0.216. The molecule has 1 heteroatoms. The normalized spacial score (nSPS) is 18.4. The molecule has 3 aromatic carbocycles. The Hall–Kier alpha value is -3.11. The van der Waals surface area contributed by atoms with E-state index in [9.17, 15) is 5.26 Å². The summed E-state index contributed by atoms with van der Waals surface area (Å²) < 4.78 is 0. The van der Waals surface area contributed by atoms with Gasteiger partial charge in [0.15, 0.2) is 0 Å². The molecule has 1 atom stereocenters. The lowest BCUT2D eigenvalue weighted by Crippen LogP contribution is -2.30. The lowest BCUT2D eigenvalue weighted by molar-refractivity contribution is 0.528. The summed E-state index contributed by atoms with van der Waals surface area (Å²) in [6.07, 6.45) is 2.96. The predicted octanol–water partition coefficient (Wildman–Crippen LogP) is 5.61. The van der Waals surface area contributed by atoms with E-state index in [2.05, 4.69) is 84.9 Å². The summed E-state index contributed by atoms with van der Waals surface area (Å²) in [5, 5.41) is 9.64. The fourth-order valence-corrected chi connectivity index (χ4v) is 4.12. The van der Waals surface area contributed by atoms with Crippen LogP contribution in [0.4, 0.5) is 0 Å². The molecular weight excluding hydrogens is 302 g/mol. The van der Waals surface area contributed by atoms with Crippen LogP contribution >= 0.6 is 0 Å². The van der Waals surface area contributed by atoms with Crippen molar-refractivity contribution in [2.45, 2.75) is 17.8 Å². The van der Waals surface area contributed by atoms with Crippen LogP contribution in [0.15, 0.2) is 103 Å². The summed E-state index contributed by atoms with van der Waals surface area (Å²) in [6.45, 7) is 0. The third-order valence-corrected chi connectivity index (χ3v) is 5.22. The van der Waals surface area contributed by atoms with Crippen molar-refractivity contribution in [2.75, 3.05) is 0 Å². The second-order valence-electron chi connectivity index (χ2n) is 6.55. The molecule has 0 aromatic heterocycles. The summed E-state index contributed by atoms with van der Waals surface area (Å²) in [7, 11) is 0. The average molecular weight is 321 g/mol. The molecule has 0 saturated carbocycles. The number of nitriles is 1. The Morgan fingerprint density at radius 1 is 0.720 bits per heavy atom. The van der Waals surface area contributed by atoms with Gasteiger partial charge in [0, 0.05) is 16.9 Å². The topological polar surface area (TPSA) is 23.8 Å². The van der Waals surface area contributed by atoms with Crippen LogP contribution in [0, 0.1) is 11.3 Å². The SMILES string of the molecule is N#CC1=CC(c2ccccc2)(c2ccccc2)C(c2ccccc2)C1. The minimum absolute atomic E-state index is 0.216. The number of rotatable bonds is 3. The summed E-state index contributed by atoms with van der Waals surface area (Å²) in [6, 6.07) is 34.1. The van der Waals surface area contributed by atoms with Gasteiger partial charge in [-0.25, -0.2) is 0 Å². The maximum Gasteiger partial charge on any atom is 0.0944 e. The Morgan fingerprint density at radius 2 is 1.20 bits per heavy atom. The first-order valence-corrected chi connectivity index (χ1v) is 8.62. The third kappa shape index (κ3) is 2.57. The lowest BCUT2D eigenvalue weighted by Gasteiger charge is -2.36. The van der Waals surface area contributed by atoms with E-state index in [1.165, 1.54) is 16.7 Å². The Morgan fingerprint density at radius 3 is 1.68 bits per heavy atom. The zero-order chi connectivity index (χ0) is 17.1. The van der Waals surface area contributed by atoms with Gasteiger partial charge in [-0.05, 0) is 23.1 Å². The molecule has 0 radical (unpaired) electrons. The molecule has 0 saturated heterocycles. The number of nitrogens with zero attached hydrogens (tertiary/aromatic N) is 1. The van der Waals surface area contributed by atoms with Gasteiger partial charge < -0.3 is 0 Å². The molecule has 0 heterocycles. The molecule has 0 bridgehead atoms. The van der Waals surface area contributed by atoms with Crippen LogP contribution in [0.3, 0.4) is 0 Å². The molecule has 0 aliphatic heterocycles. The van der Waals surface area contributed by atoms with Gasteiger partial charge in [0.1, 0.15) is 0 Å². The Labute approximate surface area is 148 Å². The van der Waals surface area contributed by atoms with E-state index in [1.807, 2.05) is 18.2 Å². The van der Waals surface area contributed by atoms with Crippen molar-refractivity contribution >= 4 is 0 Å². The number of hydrogen-bond donors (Lipinski definition) is 0. The van der Waals surface area contributed by atoms with E-state index in [-0.39, 0.29) is 11.3 Å². The highest BCUT2D eigenvalue weighted by Crippen LogP contribution is 2.53. The quantitative estimate of drug-likeness (QED) is 0.615. The van der Waals surface area contributed by atoms with Crippen LogP contribution in [0.5, 0.6) is 0 Å². The smallest absolute Gasteiger partial charge is 0.0944 e. The predicted molar refractivity (Wildman–Crippen MR) is 101 cm³/mol. The maximum absolute atomic E-state index is 9.64. The van der Waals surface area contributed by atoms with Gasteiger partial charge in [-0.3, -0.25) is 0 Å². The van der Waals surface area contributed by atoms with Gasteiger partial charge in [0.25, 0.3) is 0 Å². The third-order valence-electron chi connectivity index (χ3n) is 5.22. The van der Waals surface area contributed by atoms with Gasteiger partial charge >= 0.3 is 0 Å². The first-order chi connectivity index (χ1) is 12.3. The number of hydrogen-bond acceptors (Lipinski definition) is 1. The van der Waals surface area contributed by atoms with Gasteiger partial charge in [-0.1, -0.05) is 97.1 Å². The summed E-state index contributed by atoms with van der Waals surface area (Å²) in [4.78, 5) is 0. The second-order valence-corrected chi connectivity index (χ2v) is 6.55. The van der Waals surface area contributed by atoms with Crippen LogP contribution < -0.4 is 0 Å². The minimum atomic E-state index is -0.311. The van der Waals surface area contributed by atoms with Crippen molar-refractivity contribution in [1.29, 1.82) is 5.26 Å². The highest BCUT2D eigenvalue weighted by molar-refractivity contribution is 5.55. The van der Waals surface area contributed by atoms with E-state index in [0.29, 0.717) is 0 Å². The largest absolute Gasteiger partial charge is 0.193 e. The summed E-state index contributed by atoms with van der Waals surface area (Å²) in [5.41, 5.74) is 4.30. The molecule has 1 aliphatic carbocycles. The van der Waals surface area contributed by atoms with Crippen molar-refractivity contribution in [1.82, 2.24) is 0 Å². The molecule has 3 aromatic rings. The van der Waals surface area contributed by atoms with Gasteiger partial charge in [-0.15, -0.1) is 0 Å². The molecule has 0 N–H and O–H groups in total. The highest BCUT2D eigenvalue weighted by atomic mass is 14.5. The maximum atomic E-state index is 9.64. The Kier molecular flexibility index (Phi) is 3.96. The molecule has 120 valence electrons. The van der Waals surface area contributed by atoms with Crippen LogP contribution in [0.2, 0.25) is 0 Å². The molecule has 1 aliphatic rings. The van der Waals surface area contributed by atoms with Crippen molar-refractivity contribution in [3.05, 3.63) is 119 Å². The first-order valence-electron chi connectivity index (χ1n) is 8.62. The molecule has 0 fully saturated rings. The standard InChI is InChI=1S/C24H19N/c25-18-19-16-23(20-10-4-1-5-11-20)24(17-19,21-12-6-2-7-13-21)22-14-8-3-9-15-22/h1-15,17,23H,16H2. The van der Waals surface area contributed by atoms with E-state index in [0.717, 1.165) is 12.0 Å². The highest BCUT2D eigenvalue weighted by Gasteiger charge is 2.45. The van der Waals surface area contributed by atoms with E-state index < -0.39 is 0 Å². The van der Waals surface area contributed by atoms with Crippen LogP contribution in [-0.2, 0) is 5.41 Å². The van der Waals surface area contributed by atoms with Gasteiger partial charge in [0.05, 0.1) is 6.07 Å². The molecular formula is C24H19N. The molecule has 0 amide bonds. The fourth-order valence-electron chi connectivity index (χ4n) is 4.12. The van der Waals surface area contributed by atoms with E-state index in [1.54, 1.807) is 0 Å². The van der Waals surface area contributed by atoms with Gasteiger partial charge in [0.2, 0.25) is 0 Å². The fraction of sp³-hybridized carbons (Fsp3) is 0.125. The molecule has 1 unspecified atom stereocenters. The number of benzene rings is 3. The van der Waals surface area contributed by atoms with Gasteiger partial charge in [-0.2, -0.15) is 5.26 Å². The Balaban J connectivity index is 2.00. The van der Waals surface area contributed by atoms with Crippen LogP contribution in [-0.4, -0.2) is 0 Å². The minimum Gasteiger partial charge on any atom is -0.193 e. The Bertz CT molecular complexity index is 879. The molecule has 25 heavy (non-hydrogen) atoms. The van der Waals surface area contributed by atoms with Crippen molar-refractivity contribution in [3.63, 3.8) is 0 Å². The monoisotopic (exact) mass is 321 g/mol. The summed E-state index contributed by atoms with van der Waals surface area (Å²) >= 11 is 0. The number of allylic oxidation sites excluding steroid dienone is 2.